The first kappa shape index (κ1) is 13.6. The third kappa shape index (κ3) is 3.52. The lowest BCUT2D eigenvalue weighted by molar-refractivity contribution is 0.532. The minimum absolute atomic E-state index is 0.226. The molecule has 0 saturated heterocycles. The third-order valence-corrected chi connectivity index (χ3v) is 2.76. The smallest absolute Gasteiger partial charge is 0.239 e. The Morgan fingerprint density at radius 2 is 2.24 bits per heavy atom. The molecule has 0 aliphatic heterocycles. The molecule has 1 unspecified atom stereocenters. The van der Waals surface area contributed by atoms with Crippen molar-refractivity contribution >= 4 is 11.8 Å². The van der Waals surface area contributed by atoms with Crippen molar-refractivity contribution in [3.63, 3.8) is 0 Å². The quantitative estimate of drug-likeness (QED) is 0.587. The van der Waals surface area contributed by atoms with Crippen molar-refractivity contribution in [2.24, 2.45) is 11.8 Å². The molecule has 0 saturated carbocycles. The van der Waals surface area contributed by atoms with Crippen LogP contribution in [0.25, 0.3) is 0 Å². The van der Waals surface area contributed by atoms with Crippen LogP contribution in [0.15, 0.2) is 6.20 Å². The van der Waals surface area contributed by atoms with Gasteiger partial charge in [0.2, 0.25) is 5.95 Å². The number of nitrogens with two attached hydrogens (primary N) is 1. The van der Waals surface area contributed by atoms with Crippen molar-refractivity contribution in [1.82, 2.24) is 9.97 Å². The number of hydrazine groups is 1. The zero-order chi connectivity index (χ0) is 12.8. The van der Waals surface area contributed by atoms with E-state index in [0.717, 1.165) is 19.2 Å². The average Bonchev–Trinajstić information content (AvgIpc) is 2.36. The maximum atomic E-state index is 13.7. The summed E-state index contributed by atoms with van der Waals surface area (Å²) in [5, 5.41) is 0. The minimum atomic E-state index is -0.422. The van der Waals surface area contributed by atoms with E-state index in [2.05, 4.69) is 29.2 Å². The minimum Gasteiger partial charge on any atom is -0.354 e. The summed E-state index contributed by atoms with van der Waals surface area (Å²) in [6, 6.07) is 0. The van der Waals surface area contributed by atoms with Gasteiger partial charge in [0.15, 0.2) is 11.6 Å². The highest BCUT2D eigenvalue weighted by molar-refractivity contribution is 5.43. The summed E-state index contributed by atoms with van der Waals surface area (Å²) in [6.07, 6.45) is 2.18. The second-order valence-corrected chi connectivity index (χ2v) is 4.06. The molecule has 0 spiro atoms. The van der Waals surface area contributed by atoms with Gasteiger partial charge in [-0.15, -0.1) is 0 Å². The van der Waals surface area contributed by atoms with E-state index in [4.69, 9.17) is 5.84 Å². The maximum absolute atomic E-state index is 13.7. The van der Waals surface area contributed by atoms with Crippen molar-refractivity contribution < 1.29 is 4.39 Å². The Morgan fingerprint density at radius 3 is 2.76 bits per heavy atom. The largest absolute Gasteiger partial charge is 0.354 e. The number of nitrogens with zero attached hydrogens (tertiary/aromatic N) is 3. The van der Waals surface area contributed by atoms with Gasteiger partial charge in [0.25, 0.3) is 0 Å². The summed E-state index contributed by atoms with van der Waals surface area (Å²) in [5.74, 6) is 5.81. The molecule has 0 aromatic carbocycles. The van der Waals surface area contributed by atoms with Crippen LogP contribution in [0, 0.1) is 11.7 Å². The predicted octanol–water partition coefficient (Wildman–Crippen LogP) is 1.77. The summed E-state index contributed by atoms with van der Waals surface area (Å²) >= 11 is 0. The highest BCUT2D eigenvalue weighted by Gasteiger charge is 2.15. The molecule has 0 aliphatic rings. The number of nitrogens with one attached hydrogen (secondary N) is 1. The highest BCUT2D eigenvalue weighted by atomic mass is 19.1. The van der Waals surface area contributed by atoms with Gasteiger partial charge in [0, 0.05) is 13.1 Å². The Hall–Kier alpha value is -1.43. The molecule has 1 aromatic rings. The Kier molecular flexibility index (Phi) is 5.09. The first-order chi connectivity index (χ1) is 8.12. The van der Waals surface area contributed by atoms with Crippen LogP contribution >= 0.6 is 0 Å². The SMILES string of the molecule is CCC(C)CN(CC)c1nc(NN)ncc1F. The fourth-order valence-corrected chi connectivity index (χ4v) is 1.52. The molecule has 0 radical (unpaired) electrons. The lowest BCUT2D eigenvalue weighted by Crippen LogP contribution is -2.30. The summed E-state index contributed by atoms with van der Waals surface area (Å²) in [6.45, 7) is 7.68. The Balaban J connectivity index is 2.93. The average molecular weight is 241 g/mol. The predicted molar refractivity (Wildman–Crippen MR) is 67.1 cm³/mol. The number of anilines is 2. The molecule has 0 bridgehead atoms. The van der Waals surface area contributed by atoms with E-state index >= 15 is 0 Å². The van der Waals surface area contributed by atoms with E-state index in [9.17, 15) is 4.39 Å². The van der Waals surface area contributed by atoms with E-state index in [1.165, 1.54) is 0 Å². The molecule has 3 N–H and O–H groups in total. The number of halogens is 1. The van der Waals surface area contributed by atoms with Gasteiger partial charge in [-0.25, -0.2) is 15.2 Å². The van der Waals surface area contributed by atoms with Gasteiger partial charge in [-0.1, -0.05) is 20.3 Å². The number of aromatic nitrogens is 2. The number of hydrogen-bond donors (Lipinski definition) is 2. The molecule has 0 aliphatic carbocycles. The fourth-order valence-electron chi connectivity index (χ4n) is 1.52. The monoisotopic (exact) mass is 241 g/mol. The van der Waals surface area contributed by atoms with Crippen molar-refractivity contribution in [3.8, 4) is 0 Å². The highest BCUT2D eigenvalue weighted by Crippen LogP contribution is 2.18. The van der Waals surface area contributed by atoms with E-state index in [-0.39, 0.29) is 5.95 Å². The van der Waals surface area contributed by atoms with Gasteiger partial charge in [0.05, 0.1) is 6.20 Å². The third-order valence-electron chi connectivity index (χ3n) is 2.76. The lowest BCUT2D eigenvalue weighted by Gasteiger charge is -2.25. The lowest BCUT2D eigenvalue weighted by atomic mass is 10.1. The van der Waals surface area contributed by atoms with E-state index in [1.807, 2.05) is 11.8 Å². The van der Waals surface area contributed by atoms with E-state index in [1.54, 1.807) is 0 Å². The van der Waals surface area contributed by atoms with Gasteiger partial charge in [-0.05, 0) is 12.8 Å². The van der Waals surface area contributed by atoms with Crippen LogP contribution in [-0.4, -0.2) is 23.1 Å². The second kappa shape index (κ2) is 6.34. The van der Waals surface area contributed by atoms with Crippen LogP contribution < -0.4 is 16.2 Å². The van der Waals surface area contributed by atoms with Crippen molar-refractivity contribution in [3.05, 3.63) is 12.0 Å². The van der Waals surface area contributed by atoms with E-state index in [0.29, 0.717) is 18.3 Å². The molecule has 0 fully saturated rings. The molecule has 96 valence electrons. The van der Waals surface area contributed by atoms with Crippen molar-refractivity contribution in [2.75, 3.05) is 23.4 Å². The molecule has 6 heteroatoms. The van der Waals surface area contributed by atoms with E-state index < -0.39 is 5.82 Å². The summed E-state index contributed by atoms with van der Waals surface area (Å²) < 4.78 is 13.7. The second-order valence-electron chi connectivity index (χ2n) is 4.06. The topological polar surface area (TPSA) is 67.1 Å². The summed E-state index contributed by atoms with van der Waals surface area (Å²) in [5.41, 5.74) is 2.33. The zero-order valence-electron chi connectivity index (χ0n) is 10.6. The number of nitrogen functional groups attached to an aromatic ring is 1. The molecule has 5 nitrogen and oxygen atoms in total. The van der Waals surface area contributed by atoms with Crippen LogP contribution in [0.5, 0.6) is 0 Å². The zero-order valence-corrected chi connectivity index (χ0v) is 10.6. The van der Waals surface area contributed by atoms with Crippen LogP contribution in [0.2, 0.25) is 0 Å². The van der Waals surface area contributed by atoms with Gasteiger partial charge >= 0.3 is 0 Å². The molecule has 1 rings (SSSR count). The molecule has 1 aromatic heterocycles. The number of hydrogen-bond acceptors (Lipinski definition) is 5. The van der Waals surface area contributed by atoms with Crippen molar-refractivity contribution in [1.29, 1.82) is 0 Å². The van der Waals surface area contributed by atoms with Gasteiger partial charge in [-0.2, -0.15) is 4.98 Å². The van der Waals surface area contributed by atoms with Gasteiger partial charge < -0.3 is 4.90 Å². The van der Waals surface area contributed by atoms with Gasteiger partial charge in [-0.3, -0.25) is 5.43 Å². The molecular weight excluding hydrogens is 221 g/mol. The Bertz CT molecular complexity index is 358. The molecule has 0 amide bonds. The van der Waals surface area contributed by atoms with Crippen LogP contribution in [-0.2, 0) is 0 Å². The standard InChI is InChI=1S/C11H20FN5/c1-4-8(3)7-17(5-2)10-9(12)6-14-11(15-10)16-13/h6,8H,4-5,7,13H2,1-3H3,(H,14,15,16). The molecule has 17 heavy (non-hydrogen) atoms. The normalized spacial score (nSPS) is 12.3. The van der Waals surface area contributed by atoms with Crippen LogP contribution in [0.4, 0.5) is 16.2 Å². The van der Waals surface area contributed by atoms with Crippen LogP contribution in [0.1, 0.15) is 27.2 Å². The van der Waals surface area contributed by atoms with Crippen molar-refractivity contribution in [2.45, 2.75) is 27.2 Å². The van der Waals surface area contributed by atoms with Crippen LogP contribution in [0.3, 0.4) is 0 Å². The Morgan fingerprint density at radius 1 is 1.53 bits per heavy atom. The van der Waals surface area contributed by atoms with Gasteiger partial charge in [0.1, 0.15) is 0 Å². The maximum Gasteiger partial charge on any atom is 0.239 e. The fraction of sp³-hybridized carbons (Fsp3) is 0.636. The molecule has 1 heterocycles. The molecular formula is C11H20FN5. The first-order valence-corrected chi connectivity index (χ1v) is 5.86. The Labute approximate surface area is 101 Å². The molecule has 1 atom stereocenters. The number of rotatable bonds is 6. The first-order valence-electron chi connectivity index (χ1n) is 5.86. The summed E-state index contributed by atoms with van der Waals surface area (Å²) in [7, 11) is 0. The summed E-state index contributed by atoms with van der Waals surface area (Å²) in [4.78, 5) is 9.67.